The number of halogens is 3. The molecule has 1 saturated carbocycles. The van der Waals surface area contributed by atoms with E-state index >= 15 is 0 Å². The van der Waals surface area contributed by atoms with Crippen LogP contribution in [-0.4, -0.2) is 15.0 Å². The molecule has 0 amide bonds. The molecule has 0 aliphatic heterocycles. The van der Waals surface area contributed by atoms with E-state index in [0.29, 0.717) is 16.8 Å². The van der Waals surface area contributed by atoms with Gasteiger partial charge in [-0.3, -0.25) is 5.14 Å². The summed E-state index contributed by atoms with van der Waals surface area (Å²) in [4.78, 5) is 20.1. The third-order valence-corrected chi connectivity index (χ3v) is 6.66. The summed E-state index contributed by atoms with van der Waals surface area (Å²) in [6, 6.07) is 13.9. The minimum atomic E-state index is -0.594. The smallest absolute Gasteiger partial charge is 0.323 e. The molecule has 1 aliphatic rings. The number of nitrogens with two attached hydrogens (primary N) is 1. The van der Waals surface area contributed by atoms with Crippen LogP contribution in [0.4, 0.5) is 13.2 Å². The molecule has 2 aromatic heterocycles. The third-order valence-electron chi connectivity index (χ3n) is 6.13. The predicted molar refractivity (Wildman–Crippen MR) is 129 cm³/mol. The van der Waals surface area contributed by atoms with E-state index in [2.05, 4.69) is 15.0 Å². The molecule has 3 aromatic carbocycles. The maximum absolute atomic E-state index is 14.1. The molecular weight excluding hydrogens is 461 g/mol. The Balaban J connectivity index is 0.000000169. The Morgan fingerprint density at radius 1 is 0.853 bits per heavy atom. The number of aromatic nitrogens is 3. The number of fused-ring (bicyclic) bond motifs is 2. The second kappa shape index (κ2) is 9.08. The molecule has 9 heteroatoms. The minimum Gasteiger partial charge on any atom is -0.352 e. The zero-order valence-electron chi connectivity index (χ0n) is 17.9. The van der Waals surface area contributed by atoms with Gasteiger partial charge in [-0.15, -0.1) is 0 Å². The molecule has 0 unspecified atom stereocenters. The molecule has 5 aromatic rings. The summed E-state index contributed by atoms with van der Waals surface area (Å²) in [6.45, 7) is 0. The van der Waals surface area contributed by atoms with Gasteiger partial charge in [0.1, 0.15) is 17.5 Å². The standard InChI is InChI=1S/C18H14F3N.C7H7N3OS/c19-12-6-4-11(5-7-12)17-16(10-2-1-3-10)14-8-13(20)9-15(21)18(14)22-17;8-12-4-1-2-5-6(3-4)10-7(11)9-5/h4-10,22H,1-3H2;1-3H,8H2,(H2,9,10,11). The molecule has 174 valence electrons. The molecule has 5 N–H and O–H groups in total. The zero-order valence-corrected chi connectivity index (χ0v) is 18.7. The lowest BCUT2D eigenvalue weighted by atomic mass is 9.78. The van der Waals surface area contributed by atoms with Crippen LogP contribution < -0.4 is 10.8 Å². The van der Waals surface area contributed by atoms with Crippen molar-refractivity contribution in [2.45, 2.75) is 30.1 Å². The van der Waals surface area contributed by atoms with Gasteiger partial charge in [0.25, 0.3) is 0 Å². The van der Waals surface area contributed by atoms with Crippen molar-refractivity contribution in [2.75, 3.05) is 0 Å². The van der Waals surface area contributed by atoms with Crippen LogP contribution in [0.5, 0.6) is 0 Å². The van der Waals surface area contributed by atoms with Crippen LogP contribution in [0.3, 0.4) is 0 Å². The number of imidazole rings is 1. The molecular formula is C25H21F3N4OS. The zero-order chi connectivity index (χ0) is 23.8. The molecule has 5 nitrogen and oxygen atoms in total. The molecule has 0 atom stereocenters. The van der Waals surface area contributed by atoms with Crippen molar-refractivity contribution >= 4 is 33.9 Å². The Morgan fingerprint density at radius 3 is 2.26 bits per heavy atom. The van der Waals surface area contributed by atoms with E-state index in [1.807, 2.05) is 18.2 Å². The van der Waals surface area contributed by atoms with Gasteiger partial charge in [-0.25, -0.2) is 18.0 Å². The molecule has 6 rings (SSSR count). The Labute approximate surface area is 196 Å². The molecule has 2 heterocycles. The van der Waals surface area contributed by atoms with Gasteiger partial charge in [-0.1, -0.05) is 6.42 Å². The highest BCUT2D eigenvalue weighted by molar-refractivity contribution is 7.97. The van der Waals surface area contributed by atoms with Gasteiger partial charge in [-0.2, -0.15) is 0 Å². The summed E-state index contributed by atoms with van der Waals surface area (Å²) in [6.07, 6.45) is 3.15. The normalized spacial score (nSPS) is 13.6. The number of nitrogens with one attached hydrogen (secondary N) is 3. The van der Waals surface area contributed by atoms with E-state index in [9.17, 15) is 18.0 Å². The number of benzene rings is 3. The van der Waals surface area contributed by atoms with Crippen molar-refractivity contribution in [3.8, 4) is 11.3 Å². The number of rotatable bonds is 3. The van der Waals surface area contributed by atoms with Crippen LogP contribution in [0, 0.1) is 17.5 Å². The first kappa shape index (κ1) is 22.4. The first-order chi connectivity index (χ1) is 16.4. The van der Waals surface area contributed by atoms with E-state index in [1.165, 1.54) is 18.2 Å². The Morgan fingerprint density at radius 2 is 1.59 bits per heavy atom. The lowest BCUT2D eigenvalue weighted by Gasteiger charge is -2.26. The average Bonchev–Trinajstić information content (AvgIpc) is 3.33. The monoisotopic (exact) mass is 482 g/mol. The molecule has 1 fully saturated rings. The van der Waals surface area contributed by atoms with E-state index in [0.717, 1.165) is 70.0 Å². The second-order valence-electron chi connectivity index (χ2n) is 8.26. The topological polar surface area (TPSA) is 90.5 Å². The van der Waals surface area contributed by atoms with Crippen LogP contribution in [0.1, 0.15) is 30.7 Å². The fourth-order valence-electron chi connectivity index (χ4n) is 4.29. The highest BCUT2D eigenvalue weighted by atomic mass is 32.2. The molecule has 0 bridgehead atoms. The van der Waals surface area contributed by atoms with E-state index in [1.54, 1.807) is 12.1 Å². The van der Waals surface area contributed by atoms with Crippen molar-refractivity contribution in [3.05, 3.63) is 88.1 Å². The summed E-state index contributed by atoms with van der Waals surface area (Å²) in [7, 11) is 0. The largest absolute Gasteiger partial charge is 0.352 e. The number of aromatic amines is 3. The van der Waals surface area contributed by atoms with E-state index in [-0.39, 0.29) is 11.5 Å². The average molecular weight is 483 g/mol. The second-order valence-corrected chi connectivity index (χ2v) is 8.97. The number of hydrogen-bond donors (Lipinski definition) is 4. The van der Waals surface area contributed by atoms with E-state index < -0.39 is 11.6 Å². The fourth-order valence-corrected chi connectivity index (χ4v) is 4.62. The van der Waals surface area contributed by atoms with Crippen LogP contribution in [0.2, 0.25) is 0 Å². The van der Waals surface area contributed by atoms with Crippen molar-refractivity contribution in [3.63, 3.8) is 0 Å². The van der Waals surface area contributed by atoms with Crippen molar-refractivity contribution in [1.29, 1.82) is 0 Å². The van der Waals surface area contributed by atoms with Gasteiger partial charge < -0.3 is 15.0 Å². The molecule has 0 spiro atoms. The quantitative estimate of drug-likeness (QED) is 0.226. The summed E-state index contributed by atoms with van der Waals surface area (Å²) >= 11 is 1.16. The SMILES string of the molecule is Fc1ccc(-c2[nH]c3c(F)cc(F)cc3c2C2CCC2)cc1.NSc1ccc2[nH]c(=O)[nH]c2c1. The first-order valence-electron chi connectivity index (χ1n) is 10.8. The van der Waals surface area contributed by atoms with Gasteiger partial charge in [0, 0.05) is 16.3 Å². The molecule has 0 saturated heterocycles. The highest BCUT2D eigenvalue weighted by Crippen LogP contribution is 2.45. The maximum atomic E-state index is 14.1. The minimum absolute atomic E-state index is 0.191. The number of H-pyrrole nitrogens is 3. The van der Waals surface area contributed by atoms with Crippen molar-refractivity contribution in [1.82, 2.24) is 15.0 Å². The van der Waals surface area contributed by atoms with Crippen molar-refractivity contribution in [2.24, 2.45) is 5.14 Å². The van der Waals surface area contributed by atoms with E-state index in [4.69, 9.17) is 5.14 Å². The lowest BCUT2D eigenvalue weighted by Crippen LogP contribution is -2.09. The fraction of sp³-hybridized carbons (Fsp3) is 0.160. The van der Waals surface area contributed by atoms with Crippen LogP contribution in [0.15, 0.2) is 64.3 Å². The van der Waals surface area contributed by atoms with Crippen LogP contribution in [0.25, 0.3) is 33.2 Å². The van der Waals surface area contributed by atoms with Gasteiger partial charge >= 0.3 is 5.69 Å². The summed E-state index contributed by atoms with van der Waals surface area (Å²) in [5.74, 6) is -1.18. The summed E-state index contributed by atoms with van der Waals surface area (Å²) in [5.41, 5.74) is 4.23. The van der Waals surface area contributed by atoms with Gasteiger partial charge in [-0.05, 0) is 90.4 Å². The maximum Gasteiger partial charge on any atom is 0.323 e. The van der Waals surface area contributed by atoms with Crippen molar-refractivity contribution < 1.29 is 13.2 Å². The van der Waals surface area contributed by atoms with Gasteiger partial charge in [0.2, 0.25) is 0 Å². The molecule has 34 heavy (non-hydrogen) atoms. The highest BCUT2D eigenvalue weighted by Gasteiger charge is 2.27. The van der Waals surface area contributed by atoms with Gasteiger partial charge in [0.15, 0.2) is 0 Å². The Bertz CT molecular complexity index is 1530. The molecule has 1 aliphatic carbocycles. The van der Waals surface area contributed by atoms with Crippen LogP contribution >= 0.6 is 11.9 Å². The lowest BCUT2D eigenvalue weighted by molar-refractivity contribution is 0.423. The number of hydrogen-bond acceptors (Lipinski definition) is 3. The summed E-state index contributed by atoms with van der Waals surface area (Å²) in [5, 5.41) is 5.96. The predicted octanol–water partition coefficient (Wildman–Crippen LogP) is 6.34. The third kappa shape index (κ3) is 4.24. The Hall–Kier alpha value is -3.43. The van der Waals surface area contributed by atoms with Gasteiger partial charge in [0.05, 0.1) is 22.2 Å². The molecule has 0 radical (unpaired) electrons. The van der Waals surface area contributed by atoms with Crippen LogP contribution in [-0.2, 0) is 0 Å². The summed E-state index contributed by atoms with van der Waals surface area (Å²) < 4.78 is 40.8. The Kier molecular flexibility index (Phi) is 5.97. The first-order valence-corrected chi connectivity index (χ1v) is 11.7.